The Morgan fingerprint density at radius 1 is 0.875 bits per heavy atom. The van der Waals surface area contributed by atoms with E-state index in [2.05, 4.69) is 10.0 Å². The fourth-order valence-corrected chi connectivity index (χ4v) is 4.06. The number of nitrogens with one attached hydrogen (secondary N) is 2. The third kappa shape index (κ3) is 6.26. The molecule has 3 N–H and O–H groups in total. The largest absolute Gasteiger partial charge is 0.508 e. The minimum Gasteiger partial charge on any atom is -0.508 e. The molecular weight excluding hydrogens is 428 g/mol. The molecule has 7 nitrogen and oxygen atoms in total. The monoisotopic (exact) mass is 452 g/mol. The van der Waals surface area contributed by atoms with Gasteiger partial charge in [0.05, 0.1) is 4.90 Å². The van der Waals surface area contributed by atoms with Gasteiger partial charge in [-0.05, 0) is 60.9 Å². The van der Waals surface area contributed by atoms with Gasteiger partial charge in [0.2, 0.25) is 10.0 Å². The number of aromatic hydroxyl groups is 1. The van der Waals surface area contributed by atoms with E-state index in [1.165, 1.54) is 31.2 Å². The third-order valence-electron chi connectivity index (χ3n) is 4.86. The molecule has 166 valence electrons. The smallest absolute Gasteiger partial charge is 0.251 e. The molecule has 0 heterocycles. The van der Waals surface area contributed by atoms with Gasteiger partial charge in [0, 0.05) is 24.2 Å². The minimum atomic E-state index is -3.73. The predicted octanol–water partition coefficient (Wildman–Crippen LogP) is 3.05. The SMILES string of the molecule is CC(=O)c1ccc(S(=O)(=O)NCc2ccc(C(=O)NCCc3cccc(O)c3)cc2)cc1. The van der Waals surface area contributed by atoms with Crippen molar-refractivity contribution in [3.63, 3.8) is 0 Å². The average molecular weight is 453 g/mol. The van der Waals surface area contributed by atoms with Crippen LogP contribution in [0.4, 0.5) is 0 Å². The molecule has 0 fully saturated rings. The summed E-state index contributed by atoms with van der Waals surface area (Å²) in [5.41, 5.74) is 2.53. The number of amides is 1. The second-order valence-corrected chi connectivity index (χ2v) is 9.04. The molecule has 0 spiro atoms. The van der Waals surface area contributed by atoms with Crippen LogP contribution in [0.1, 0.15) is 38.8 Å². The molecule has 0 saturated carbocycles. The van der Waals surface area contributed by atoms with E-state index in [-0.39, 0.29) is 28.9 Å². The molecule has 0 radical (unpaired) electrons. The van der Waals surface area contributed by atoms with E-state index < -0.39 is 10.0 Å². The molecule has 0 aliphatic rings. The van der Waals surface area contributed by atoms with Crippen molar-refractivity contribution >= 4 is 21.7 Å². The number of hydrogen-bond acceptors (Lipinski definition) is 5. The maximum Gasteiger partial charge on any atom is 0.251 e. The first-order chi connectivity index (χ1) is 15.2. The van der Waals surface area contributed by atoms with Gasteiger partial charge in [0.25, 0.3) is 5.91 Å². The Morgan fingerprint density at radius 3 is 2.16 bits per heavy atom. The molecule has 3 aromatic carbocycles. The fraction of sp³-hybridized carbons (Fsp3) is 0.167. The van der Waals surface area contributed by atoms with E-state index >= 15 is 0 Å². The van der Waals surface area contributed by atoms with Crippen LogP contribution < -0.4 is 10.0 Å². The maximum absolute atomic E-state index is 12.4. The van der Waals surface area contributed by atoms with Gasteiger partial charge in [0.15, 0.2) is 5.78 Å². The van der Waals surface area contributed by atoms with Crippen molar-refractivity contribution in [2.24, 2.45) is 0 Å². The first-order valence-electron chi connectivity index (χ1n) is 10.0. The molecule has 1 amide bonds. The molecule has 0 aliphatic heterocycles. The lowest BCUT2D eigenvalue weighted by atomic mass is 10.1. The molecule has 0 aromatic heterocycles. The van der Waals surface area contributed by atoms with Crippen molar-refractivity contribution in [2.75, 3.05) is 6.54 Å². The van der Waals surface area contributed by atoms with E-state index in [0.29, 0.717) is 29.7 Å². The molecule has 0 saturated heterocycles. The van der Waals surface area contributed by atoms with Crippen molar-refractivity contribution in [3.8, 4) is 5.75 Å². The summed E-state index contributed by atoms with van der Waals surface area (Å²) >= 11 is 0. The molecule has 8 heteroatoms. The molecular formula is C24H24N2O5S. The zero-order valence-electron chi connectivity index (χ0n) is 17.5. The van der Waals surface area contributed by atoms with Crippen molar-refractivity contribution in [1.82, 2.24) is 10.0 Å². The topological polar surface area (TPSA) is 113 Å². The number of carbonyl (C=O) groups excluding carboxylic acids is 2. The number of ketones is 1. The van der Waals surface area contributed by atoms with Crippen molar-refractivity contribution in [2.45, 2.75) is 24.8 Å². The lowest BCUT2D eigenvalue weighted by Gasteiger charge is -2.09. The van der Waals surface area contributed by atoms with Crippen LogP contribution in [-0.2, 0) is 23.0 Å². The average Bonchev–Trinajstić information content (AvgIpc) is 2.78. The van der Waals surface area contributed by atoms with Crippen LogP contribution in [0.25, 0.3) is 0 Å². The molecule has 32 heavy (non-hydrogen) atoms. The van der Waals surface area contributed by atoms with E-state index in [1.807, 2.05) is 6.07 Å². The Morgan fingerprint density at radius 2 is 1.53 bits per heavy atom. The standard InChI is InChI=1S/C24H24N2O5S/c1-17(27)20-9-11-23(12-10-20)32(30,31)26-16-19-5-7-21(8-6-19)24(29)25-14-13-18-3-2-4-22(28)15-18/h2-12,15,26,28H,13-14,16H2,1H3,(H,25,29). The Hall–Kier alpha value is -3.49. The van der Waals surface area contributed by atoms with E-state index in [4.69, 9.17) is 0 Å². The summed E-state index contributed by atoms with van der Waals surface area (Å²) in [4.78, 5) is 23.7. The highest BCUT2D eigenvalue weighted by molar-refractivity contribution is 7.89. The maximum atomic E-state index is 12.4. The van der Waals surface area contributed by atoms with Gasteiger partial charge in [-0.3, -0.25) is 9.59 Å². The Kier molecular flexibility index (Phi) is 7.40. The summed E-state index contributed by atoms with van der Waals surface area (Å²) in [6, 6.07) is 19.2. The Labute approximate surface area is 187 Å². The molecule has 3 rings (SSSR count). The molecule has 0 unspecified atom stereocenters. The summed E-state index contributed by atoms with van der Waals surface area (Å²) in [5.74, 6) is -0.179. The number of Topliss-reactive ketones (excluding diaryl/α,β-unsaturated/α-hetero) is 1. The normalized spacial score (nSPS) is 11.2. The molecule has 0 atom stereocenters. The Balaban J connectivity index is 1.52. The first kappa shape index (κ1) is 23.2. The number of phenolic OH excluding ortho intramolecular Hbond substituents is 1. The highest BCUT2D eigenvalue weighted by Gasteiger charge is 2.14. The van der Waals surface area contributed by atoms with Gasteiger partial charge >= 0.3 is 0 Å². The van der Waals surface area contributed by atoms with Crippen molar-refractivity contribution in [1.29, 1.82) is 0 Å². The summed E-state index contributed by atoms with van der Waals surface area (Å²) < 4.78 is 27.4. The lowest BCUT2D eigenvalue weighted by Crippen LogP contribution is -2.26. The van der Waals surface area contributed by atoms with Crippen molar-refractivity contribution in [3.05, 3.63) is 95.1 Å². The predicted molar refractivity (Wildman–Crippen MR) is 121 cm³/mol. The van der Waals surface area contributed by atoms with E-state index in [1.54, 1.807) is 42.5 Å². The van der Waals surface area contributed by atoms with Crippen LogP contribution in [0.5, 0.6) is 5.75 Å². The number of carbonyl (C=O) groups is 2. The van der Waals surface area contributed by atoms with Gasteiger partial charge in [-0.2, -0.15) is 0 Å². The number of hydrogen-bond donors (Lipinski definition) is 3. The fourth-order valence-electron chi connectivity index (χ4n) is 3.04. The minimum absolute atomic E-state index is 0.0657. The third-order valence-corrected chi connectivity index (χ3v) is 6.28. The number of phenols is 1. The zero-order valence-corrected chi connectivity index (χ0v) is 18.4. The first-order valence-corrected chi connectivity index (χ1v) is 11.5. The summed E-state index contributed by atoms with van der Waals surface area (Å²) in [5, 5.41) is 12.3. The van der Waals surface area contributed by atoms with E-state index in [9.17, 15) is 23.1 Å². The van der Waals surface area contributed by atoms with Gasteiger partial charge in [0.1, 0.15) is 5.75 Å². The van der Waals surface area contributed by atoms with Crippen LogP contribution in [0, 0.1) is 0 Å². The van der Waals surface area contributed by atoms with Gasteiger partial charge < -0.3 is 10.4 Å². The summed E-state index contributed by atoms with van der Waals surface area (Å²) in [6.45, 7) is 1.91. The zero-order chi connectivity index (χ0) is 23.1. The quantitative estimate of drug-likeness (QED) is 0.432. The highest BCUT2D eigenvalue weighted by atomic mass is 32.2. The Bertz CT molecular complexity index is 1200. The van der Waals surface area contributed by atoms with Crippen LogP contribution in [0.15, 0.2) is 77.7 Å². The van der Waals surface area contributed by atoms with Crippen LogP contribution in [0.3, 0.4) is 0 Å². The second-order valence-electron chi connectivity index (χ2n) is 7.28. The van der Waals surface area contributed by atoms with E-state index in [0.717, 1.165) is 5.56 Å². The number of sulfonamides is 1. The van der Waals surface area contributed by atoms with Gasteiger partial charge in [-0.25, -0.2) is 13.1 Å². The summed E-state index contributed by atoms with van der Waals surface area (Å²) in [6.07, 6.45) is 0.591. The van der Waals surface area contributed by atoms with Crippen LogP contribution in [-0.4, -0.2) is 31.8 Å². The van der Waals surface area contributed by atoms with Crippen LogP contribution >= 0.6 is 0 Å². The second kappa shape index (κ2) is 10.2. The number of benzene rings is 3. The highest BCUT2D eigenvalue weighted by Crippen LogP contribution is 2.13. The van der Waals surface area contributed by atoms with Crippen LogP contribution in [0.2, 0.25) is 0 Å². The number of rotatable bonds is 9. The molecule has 3 aromatic rings. The van der Waals surface area contributed by atoms with Gasteiger partial charge in [-0.15, -0.1) is 0 Å². The van der Waals surface area contributed by atoms with Gasteiger partial charge in [-0.1, -0.05) is 36.4 Å². The molecule has 0 bridgehead atoms. The molecule has 0 aliphatic carbocycles. The van der Waals surface area contributed by atoms with Crippen molar-refractivity contribution < 1.29 is 23.1 Å². The summed E-state index contributed by atoms with van der Waals surface area (Å²) in [7, 11) is -3.73. The lowest BCUT2D eigenvalue weighted by molar-refractivity contribution is 0.0953.